The van der Waals surface area contributed by atoms with E-state index >= 15 is 0 Å². The van der Waals surface area contributed by atoms with Crippen LogP contribution in [-0.2, 0) is 6.54 Å². The third-order valence-corrected chi connectivity index (χ3v) is 3.61. The summed E-state index contributed by atoms with van der Waals surface area (Å²) >= 11 is 0. The Labute approximate surface area is 133 Å². The Kier molecular flexibility index (Phi) is 8.51. The minimum absolute atomic E-state index is 0.165. The van der Waals surface area contributed by atoms with E-state index in [0.717, 1.165) is 37.7 Å². The van der Waals surface area contributed by atoms with Crippen molar-refractivity contribution in [1.82, 2.24) is 15.5 Å². The van der Waals surface area contributed by atoms with Crippen LogP contribution in [0, 0.1) is 12.7 Å². The van der Waals surface area contributed by atoms with Crippen LogP contribution in [0.2, 0.25) is 0 Å². The van der Waals surface area contributed by atoms with Gasteiger partial charge in [-0.2, -0.15) is 0 Å². The molecule has 1 aromatic carbocycles. The number of benzene rings is 1. The third-order valence-electron chi connectivity index (χ3n) is 3.61. The number of guanidine groups is 1. The molecule has 1 aromatic rings. The Morgan fingerprint density at radius 3 is 2.59 bits per heavy atom. The molecule has 4 nitrogen and oxygen atoms in total. The molecule has 124 valence electrons. The van der Waals surface area contributed by atoms with Crippen LogP contribution < -0.4 is 10.6 Å². The molecule has 0 unspecified atom stereocenters. The number of hydrogen-bond donors (Lipinski definition) is 2. The Morgan fingerprint density at radius 2 is 2.00 bits per heavy atom. The van der Waals surface area contributed by atoms with Crippen LogP contribution in [0.4, 0.5) is 4.39 Å². The lowest BCUT2D eigenvalue weighted by molar-refractivity contribution is 0.293. The summed E-state index contributed by atoms with van der Waals surface area (Å²) in [7, 11) is 1.76. The van der Waals surface area contributed by atoms with Gasteiger partial charge >= 0.3 is 0 Å². The van der Waals surface area contributed by atoms with Crippen molar-refractivity contribution in [3.8, 4) is 0 Å². The number of halogens is 1. The fourth-order valence-corrected chi connectivity index (χ4v) is 2.30. The van der Waals surface area contributed by atoms with Crippen molar-refractivity contribution < 1.29 is 4.39 Å². The first kappa shape index (κ1) is 18.4. The molecule has 0 spiro atoms. The highest BCUT2D eigenvalue weighted by atomic mass is 19.1. The van der Waals surface area contributed by atoms with Crippen molar-refractivity contribution in [2.24, 2.45) is 4.99 Å². The van der Waals surface area contributed by atoms with Gasteiger partial charge in [-0.25, -0.2) is 4.39 Å². The molecule has 0 aliphatic carbocycles. The van der Waals surface area contributed by atoms with E-state index in [1.54, 1.807) is 20.0 Å². The maximum atomic E-state index is 13.2. The Morgan fingerprint density at radius 1 is 1.23 bits per heavy atom. The molecule has 0 aliphatic heterocycles. The molecule has 5 heteroatoms. The van der Waals surface area contributed by atoms with Crippen LogP contribution in [0.15, 0.2) is 23.2 Å². The fourth-order valence-electron chi connectivity index (χ4n) is 2.30. The summed E-state index contributed by atoms with van der Waals surface area (Å²) in [6.07, 6.45) is 1.17. The molecule has 0 amide bonds. The molecule has 0 radical (unpaired) electrons. The van der Waals surface area contributed by atoms with Crippen molar-refractivity contribution >= 4 is 5.96 Å². The summed E-state index contributed by atoms with van der Waals surface area (Å²) in [5.74, 6) is 0.608. The molecule has 0 bridgehead atoms. The van der Waals surface area contributed by atoms with E-state index in [0.29, 0.717) is 12.1 Å². The largest absolute Gasteiger partial charge is 0.355 e. The zero-order valence-corrected chi connectivity index (χ0v) is 14.2. The molecule has 0 fully saturated rings. The molecular weight excluding hydrogens is 279 g/mol. The second-order valence-electron chi connectivity index (χ2n) is 5.37. The molecule has 0 saturated heterocycles. The number of nitrogens with one attached hydrogen (secondary N) is 2. The smallest absolute Gasteiger partial charge is 0.191 e. The van der Waals surface area contributed by atoms with Gasteiger partial charge in [0.05, 0.1) is 0 Å². The van der Waals surface area contributed by atoms with Crippen molar-refractivity contribution in [3.05, 3.63) is 35.1 Å². The van der Waals surface area contributed by atoms with Crippen molar-refractivity contribution in [3.63, 3.8) is 0 Å². The van der Waals surface area contributed by atoms with Gasteiger partial charge in [-0.1, -0.05) is 26.0 Å². The minimum Gasteiger partial charge on any atom is -0.355 e. The van der Waals surface area contributed by atoms with Crippen LogP contribution in [0.5, 0.6) is 0 Å². The molecule has 2 N–H and O–H groups in total. The first-order valence-corrected chi connectivity index (χ1v) is 8.02. The SMILES string of the molecule is CCCN(CC)CCNC(=NC)NCc1ccc(F)c(C)c1. The molecule has 0 atom stereocenters. The predicted octanol–water partition coefficient (Wildman–Crippen LogP) is 2.53. The molecule has 22 heavy (non-hydrogen) atoms. The van der Waals surface area contributed by atoms with Gasteiger partial charge in [0.15, 0.2) is 5.96 Å². The van der Waals surface area contributed by atoms with E-state index in [-0.39, 0.29) is 5.82 Å². The van der Waals surface area contributed by atoms with E-state index in [2.05, 4.69) is 34.4 Å². The second kappa shape index (κ2) is 10.2. The van der Waals surface area contributed by atoms with Gasteiger partial charge in [-0.15, -0.1) is 0 Å². The Balaban J connectivity index is 2.37. The van der Waals surface area contributed by atoms with Crippen LogP contribution in [0.1, 0.15) is 31.4 Å². The number of aliphatic imine (C=N–C) groups is 1. The molecule has 0 heterocycles. The van der Waals surface area contributed by atoms with Crippen LogP contribution in [0.3, 0.4) is 0 Å². The van der Waals surface area contributed by atoms with Crippen LogP contribution >= 0.6 is 0 Å². The van der Waals surface area contributed by atoms with E-state index in [1.165, 1.54) is 12.5 Å². The maximum absolute atomic E-state index is 13.2. The lowest BCUT2D eigenvalue weighted by Crippen LogP contribution is -2.41. The normalized spacial score (nSPS) is 11.8. The van der Waals surface area contributed by atoms with Crippen molar-refractivity contribution in [1.29, 1.82) is 0 Å². The van der Waals surface area contributed by atoms with Gasteiger partial charge in [0.2, 0.25) is 0 Å². The summed E-state index contributed by atoms with van der Waals surface area (Å²) in [6, 6.07) is 5.16. The number of hydrogen-bond acceptors (Lipinski definition) is 2. The van der Waals surface area contributed by atoms with E-state index in [9.17, 15) is 4.39 Å². The summed E-state index contributed by atoms with van der Waals surface area (Å²) < 4.78 is 13.2. The van der Waals surface area contributed by atoms with E-state index in [1.807, 2.05) is 6.07 Å². The number of aryl methyl sites for hydroxylation is 1. The first-order chi connectivity index (χ1) is 10.6. The molecule has 0 aliphatic rings. The summed E-state index contributed by atoms with van der Waals surface area (Å²) in [5, 5.41) is 6.57. The highest BCUT2D eigenvalue weighted by Crippen LogP contribution is 2.08. The molecule has 1 rings (SSSR count). The highest BCUT2D eigenvalue weighted by Gasteiger charge is 2.03. The second-order valence-corrected chi connectivity index (χ2v) is 5.37. The monoisotopic (exact) mass is 308 g/mol. The van der Waals surface area contributed by atoms with E-state index in [4.69, 9.17) is 0 Å². The summed E-state index contributed by atoms with van der Waals surface area (Å²) in [5.41, 5.74) is 1.71. The van der Waals surface area contributed by atoms with Gasteiger partial charge < -0.3 is 15.5 Å². The Bertz CT molecular complexity index is 474. The van der Waals surface area contributed by atoms with Gasteiger partial charge in [0.25, 0.3) is 0 Å². The minimum atomic E-state index is -0.165. The van der Waals surface area contributed by atoms with Crippen molar-refractivity contribution in [2.75, 3.05) is 33.2 Å². The number of likely N-dealkylation sites (N-methyl/N-ethyl adjacent to an activating group) is 1. The topological polar surface area (TPSA) is 39.7 Å². The van der Waals surface area contributed by atoms with E-state index < -0.39 is 0 Å². The Hall–Kier alpha value is -1.62. The standard InChI is InChI=1S/C17H29FN4/c1-5-10-22(6-2)11-9-20-17(19-4)21-13-15-7-8-16(18)14(3)12-15/h7-8,12H,5-6,9-11,13H2,1-4H3,(H2,19,20,21). The van der Waals surface area contributed by atoms with Crippen molar-refractivity contribution in [2.45, 2.75) is 33.7 Å². The maximum Gasteiger partial charge on any atom is 0.191 e. The van der Waals surface area contributed by atoms with Gasteiger partial charge in [-0.05, 0) is 43.6 Å². The average molecular weight is 308 g/mol. The lowest BCUT2D eigenvalue weighted by atomic mass is 10.1. The molecule has 0 aromatic heterocycles. The van der Waals surface area contributed by atoms with Gasteiger partial charge in [0.1, 0.15) is 5.82 Å². The zero-order chi connectivity index (χ0) is 16.4. The highest BCUT2D eigenvalue weighted by molar-refractivity contribution is 5.79. The summed E-state index contributed by atoms with van der Waals surface area (Å²) in [4.78, 5) is 6.62. The quantitative estimate of drug-likeness (QED) is 0.573. The summed E-state index contributed by atoms with van der Waals surface area (Å²) in [6.45, 7) is 10.8. The molecular formula is C17H29FN4. The van der Waals surface area contributed by atoms with Crippen LogP contribution in [-0.4, -0.2) is 44.1 Å². The first-order valence-electron chi connectivity index (χ1n) is 8.02. The zero-order valence-electron chi connectivity index (χ0n) is 14.2. The van der Waals surface area contributed by atoms with Gasteiger partial charge in [-0.3, -0.25) is 4.99 Å². The fraction of sp³-hybridized carbons (Fsp3) is 0.588. The predicted molar refractivity (Wildman–Crippen MR) is 91.7 cm³/mol. The third kappa shape index (κ3) is 6.43. The van der Waals surface area contributed by atoms with Gasteiger partial charge in [0, 0.05) is 26.7 Å². The number of nitrogens with zero attached hydrogens (tertiary/aromatic N) is 2. The number of rotatable bonds is 8. The molecule has 0 saturated carbocycles. The average Bonchev–Trinajstić information content (AvgIpc) is 2.52. The lowest BCUT2D eigenvalue weighted by Gasteiger charge is -2.20. The van der Waals surface area contributed by atoms with Crippen LogP contribution in [0.25, 0.3) is 0 Å².